The van der Waals surface area contributed by atoms with E-state index < -0.39 is 28.0 Å². The molecule has 0 heterocycles. The van der Waals surface area contributed by atoms with Crippen molar-refractivity contribution in [3.05, 3.63) is 85.1 Å². The first-order chi connectivity index (χ1) is 21.8. The third-order valence-electron chi connectivity index (χ3n) is 7.01. The Bertz CT molecular complexity index is 1020. The van der Waals surface area contributed by atoms with Crippen molar-refractivity contribution < 1.29 is 22.9 Å². The van der Waals surface area contributed by atoms with Crippen LogP contribution >= 0.6 is 0 Å². The maximum absolute atomic E-state index is 12.4. The Morgan fingerprint density at radius 2 is 1.09 bits per heavy atom. The standard InChI is InChI=1S/C38H63NO5S/c1-3-5-7-9-11-13-15-16-17-18-19-20-21-22-24-26-28-30-32-34-38(41)39-36(35-45(42,43)44)37(40)33-31-29-27-25-23-14-12-10-8-6-4-2/h5,7-8,10-11,13,16-17,19-20,23,25,31,33,36-37,40H,3-4,6,9,12,14-15,18,21-22,24,26-30,32,34-35H2,1-2H3,(H,39,41)(H,42,43,44)/b7-5-,10-8+,13-11-,17-16-,20-19-,25-23+,33-31+. The van der Waals surface area contributed by atoms with Crippen molar-refractivity contribution in [3.63, 3.8) is 0 Å². The zero-order chi connectivity index (χ0) is 33.3. The molecule has 0 bridgehead atoms. The summed E-state index contributed by atoms with van der Waals surface area (Å²) in [5, 5.41) is 13.1. The van der Waals surface area contributed by atoms with Gasteiger partial charge in [-0.05, 0) is 77.0 Å². The molecule has 45 heavy (non-hydrogen) atoms. The minimum atomic E-state index is -4.36. The molecule has 0 aromatic heterocycles. The lowest BCUT2D eigenvalue weighted by Gasteiger charge is -2.21. The molecule has 2 unspecified atom stereocenters. The topological polar surface area (TPSA) is 104 Å². The second-order valence-electron chi connectivity index (χ2n) is 11.4. The summed E-state index contributed by atoms with van der Waals surface area (Å²) in [7, 11) is -4.36. The van der Waals surface area contributed by atoms with Crippen LogP contribution in [-0.4, -0.2) is 41.9 Å². The minimum absolute atomic E-state index is 0.263. The Kier molecular flexibility index (Phi) is 29.8. The molecule has 0 radical (unpaired) electrons. The highest BCUT2D eigenvalue weighted by atomic mass is 32.2. The number of rotatable bonds is 29. The van der Waals surface area contributed by atoms with E-state index in [9.17, 15) is 22.9 Å². The first kappa shape index (κ1) is 42.5. The van der Waals surface area contributed by atoms with E-state index in [4.69, 9.17) is 0 Å². The summed E-state index contributed by atoms with van der Waals surface area (Å²) in [4.78, 5) is 12.4. The van der Waals surface area contributed by atoms with Gasteiger partial charge in [0.05, 0.1) is 17.9 Å². The molecule has 3 N–H and O–H groups in total. The molecule has 0 aliphatic rings. The van der Waals surface area contributed by atoms with Crippen LogP contribution in [0, 0.1) is 0 Å². The average Bonchev–Trinajstić information content (AvgIpc) is 3.00. The zero-order valence-electron chi connectivity index (χ0n) is 28.2. The van der Waals surface area contributed by atoms with Crippen LogP contribution in [0.15, 0.2) is 85.1 Å². The smallest absolute Gasteiger partial charge is 0.267 e. The highest BCUT2D eigenvalue weighted by Crippen LogP contribution is 2.10. The van der Waals surface area contributed by atoms with E-state index in [0.717, 1.165) is 96.3 Å². The first-order valence-electron chi connectivity index (χ1n) is 17.3. The lowest BCUT2D eigenvalue weighted by atomic mass is 10.1. The van der Waals surface area contributed by atoms with Crippen molar-refractivity contribution in [2.75, 3.05) is 5.75 Å². The number of carbonyl (C=O) groups excluding carboxylic acids is 1. The van der Waals surface area contributed by atoms with Gasteiger partial charge in [0.2, 0.25) is 5.91 Å². The molecule has 1 amide bonds. The van der Waals surface area contributed by atoms with Crippen molar-refractivity contribution in [1.82, 2.24) is 5.32 Å². The summed E-state index contributed by atoms with van der Waals surface area (Å²) >= 11 is 0. The van der Waals surface area contributed by atoms with Gasteiger partial charge in [0.15, 0.2) is 0 Å². The van der Waals surface area contributed by atoms with Crippen LogP contribution in [0.25, 0.3) is 0 Å². The van der Waals surface area contributed by atoms with Crippen LogP contribution in [0.5, 0.6) is 0 Å². The minimum Gasteiger partial charge on any atom is -0.387 e. The largest absolute Gasteiger partial charge is 0.387 e. The quantitative estimate of drug-likeness (QED) is 0.0427. The number of allylic oxidation sites excluding steroid dienone is 13. The van der Waals surface area contributed by atoms with Gasteiger partial charge in [-0.25, -0.2) is 0 Å². The van der Waals surface area contributed by atoms with Crippen LogP contribution < -0.4 is 5.32 Å². The van der Waals surface area contributed by atoms with Crippen LogP contribution in [0.1, 0.15) is 129 Å². The number of aliphatic hydroxyl groups is 1. The first-order valence-corrected chi connectivity index (χ1v) is 18.9. The van der Waals surface area contributed by atoms with E-state index in [1.54, 1.807) is 6.08 Å². The molecular weight excluding hydrogens is 582 g/mol. The molecule has 0 aliphatic heterocycles. The number of amides is 1. The van der Waals surface area contributed by atoms with E-state index in [2.05, 4.69) is 92.1 Å². The van der Waals surface area contributed by atoms with Crippen LogP contribution in [-0.2, 0) is 14.9 Å². The summed E-state index contributed by atoms with van der Waals surface area (Å²) in [6.45, 7) is 4.30. The summed E-state index contributed by atoms with van der Waals surface area (Å²) in [5.41, 5.74) is 0. The molecule has 0 rings (SSSR count). The molecule has 0 spiro atoms. The number of carbonyl (C=O) groups is 1. The lowest BCUT2D eigenvalue weighted by molar-refractivity contribution is -0.122. The predicted molar refractivity (Wildman–Crippen MR) is 193 cm³/mol. The summed E-state index contributed by atoms with van der Waals surface area (Å²) in [6, 6.07) is -1.09. The second-order valence-corrected chi connectivity index (χ2v) is 12.9. The Morgan fingerprint density at radius 1 is 0.622 bits per heavy atom. The fraction of sp³-hybridized carbons (Fsp3) is 0.605. The van der Waals surface area contributed by atoms with Crippen molar-refractivity contribution in [3.8, 4) is 0 Å². The Hall–Kier alpha value is -2.48. The predicted octanol–water partition coefficient (Wildman–Crippen LogP) is 9.67. The van der Waals surface area contributed by atoms with Gasteiger partial charge in [-0.15, -0.1) is 0 Å². The average molecular weight is 646 g/mol. The van der Waals surface area contributed by atoms with Crippen molar-refractivity contribution in [2.24, 2.45) is 0 Å². The van der Waals surface area contributed by atoms with Crippen molar-refractivity contribution in [1.29, 1.82) is 0 Å². The molecule has 256 valence electrons. The second kappa shape index (κ2) is 31.5. The fourth-order valence-corrected chi connectivity index (χ4v) is 5.21. The number of nitrogens with one attached hydrogen (secondary N) is 1. The Labute approximate surface area is 276 Å². The third kappa shape index (κ3) is 32.7. The molecule has 0 saturated heterocycles. The maximum atomic E-state index is 12.4. The Morgan fingerprint density at radius 3 is 1.64 bits per heavy atom. The molecule has 0 aliphatic carbocycles. The summed E-state index contributed by atoms with van der Waals surface area (Å²) in [6.07, 6.45) is 45.7. The molecule has 0 fully saturated rings. The van der Waals surface area contributed by atoms with Gasteiger partial charge < -0.3 is 10.4 Å². The number of hydrogen-bond acceptors (Lipinski definition) is 4. The normalized spacial score (nSPS) is 14.5. The van der Waals surface area contributed by atoms with Gasteiger partial charge in [-0.2, -0.15) is 8.42 Å². The SMILES string of the molecule is CC/C=C\C/C=C\C/C=C\C/C=C\CCCCCCCCC(=O)NC(CS(=O)(=O)O)C(O)/C=C/CC/C=C/CC/C=C/CCC. The molecule has 6 nitrogen and oxygen atoms in total. The summed E-state index contributed by atoms with van der Waals surface area (Å²) < 4.78 is 32.3. The lowest BCUT2D eigenvalue weighted by Crippen LogP contribution is -2.46. The number of hydrogen-bond donors (Lipinski definition) is 3. The monoisotopic (exact) mass is 645 g/mol. The number of aliphatic hydroxyl groups excluding tert-OH is 1. The molecule has 0 saturated carbocycles. The van der Waals surface area contributed by atoms with Gasteiger partial charge in [-0.1, -0.05) is 131 Å². The van der Waals surface area contributed by atoms with E-state index in [0.29, 0.717) is 12.8 Å². The molecule has 0 aromatic carbocycles. The highest BCUT2D eigenvalue weighted by molar-refractivity contribution is 7.85. The van der Waals surface area contributed by atoms with Crippen LogP contribution in [0.4, 0.5) is 0 Å². The van der Waals surface area contributed by atoms with Crippen LogP contribution in [0.3, 0.4) is 0 Å². The zero-order valence-corrected chi connectivity index (χ0v) is 29.0. The van der Waals surface area contributed by atoms with Crippen molar-refractivity contribution in [2.45, 2.75) is 142 Å². The molecule has 0 aromatic rings. The van der Waals surface area contributed by atoms with Gasteiger partial charge in [-0.3, -0.25) is 9.35 Å². The fourth-order valence-electron chi connectivity index (χ4n) is 4.48. The molecule has 2 atom stereocenters. The molecular formula is C38H63NO5S. The van der Waals surface area contributed by atoms with Crippen LogP contribution in [0.2, 0.25) is 0 Å². The highest BCUT2D eigenvalue weighted by Gasteiger charge is 2.24. The van der Waals surface area contributed by atoms with E-state index >= 15 is 0 Å². The van der Waals surface area contributed by atoms with Gasteiger partial charge >= 0.3 is 0 Å². The third-order valence-corrected chi connectivity index (χ3v) is 7.79. The molecule has 7 heteroatoms. The Balaban J connectivity index is 4.09. The van der Waals surface area contributed by atoms with Gasteiger partial charge in [0.1, 0.15) is 0 Å². The van der Waals surface area contributed by atoms with E-state index in [1.165, 1.54) is 6.08 Å². The van der Waals surface area contributed by atoms with E-state index in [-0.39, 0.29) is 12.3 Å². The van der Waals surface area contributed by atoms with Gasteiger partial charge in [0.25, 0.3) is 10.1 Å². The van der Waals surface area contributed by atoms with Gasteiger partial charge in [0, 0.05) is 6.42 Å². The summed E-state index contributed by atoms with van der Waals surface area (Å²) in [5.74, 6) is -1.04. The number of unbranched alkanes of at least 4 members (excludes halogenated alkanes) is 9. The van der Waals surface area contributed by atoms with E-state index in [1.807, 2.05) is 0 Å². The maximum Gasteiger partial charge on any atom is 0.267 e. The van der Waals surface area contributed by atoms with Crippen molar-refractivity contribution >= 4 is 16.0 Å².